The van der Waals surface area contributed by atoms with Crippen molar-refractivity contribution in [1.82, 2.24) is 20.9 Å². The lowest BCUT2D eigenvalue weighted by atomic mass is 10.1. The van der Waals surface area contributed by atoms with Crippen LogP contribution in [0.1, 0.15) is 30.9 Å². The predicted octanol–water partition coefficient (Wildman–Crippen LogP) is 2.10. The molecule has 4 N–H and O–H groups in total. The van der Waals surface area contributed by atoms with E-state index >= 15 is 0 Å². The number of nitrogens with zero attached hydrogens (tertiary/aromatic N) is 1. The normalized spacial score (nSPS) is 11.6. The minimum absolute atomic E-state index is 0.0684. The van der Waals surface area contributed by atoms with E-state index in [4.69, 9.17) is 0 Å². The molecule has 0 radical (unpaired) electrons. The van der Waals surface area contributed by atoms with E-state index in [9.17, 15) is 4.79 Å². The van der Waals surface area contributed by atoms with Crippen molar-refractivity contribution in [2.45, 2.75) is 33.1 Å². The van der Waals surface area contributed by atoms with Gasteiger partial charge in [-0.25, -0.2) is 0 Å². The van der Waals surface area contributed by atoms with Gasteiger partial charge in [-0.3, -0.25) is 9.79 Å². The van der Waals surface area contributed by atoms with Crippen molar-refractivity contribution in [3.05, 3.63) is 35.5 Å². The van der Waals surface area contributed by atoms with Crippen molar-refractivity contribution in [2.24, 2.45) is 4.99 Å². The van der Waals surface area contributed by atoms with Crippen LogP contribution < -0.4 is 16.0 Å². The summed E-state index contributed by atoms with van der Waals surface area (Å²) in [4.78, 5) is 19.1. The molecule has 0 saturated carbocycles. The van der Waals surface area contributed by atoms with Gasteiger partial charge in [-0.1, -0.05) is 19.1 Å². The van der Waals surface area contributed by atoms with Gasteiger partial charge >= 0.3 is 0 Å². The number of fused-ring (bicyclic) bond motifs is 1. The highest BCUT2D eigenvalue weighted by molar-refractivity contribution is 5.84. The number of hydrogen-bond acceptors (Lipinski definition) is 2. The molecular formula is C19H29N5O. The van der Waals surface area contributed by atoms with Gasteiger partial charge in [0, 0.05) is 50.2 Å². The molecule has 1 amide bonds. The molecule has 6 nitrogen and oxygen atoms in total. The summed E-state index contributed by atoms with van der Waals surface area (Å²) in [5, 5.41) is 10.6. The highest BCUT2D eigenvalue weighted by Crippen LogP contribution is 2.19. The molecule has 1 aromatic heterocycles. The average Bonchev–Trinajstić information content (AvgIpc) is 3.00. The molecule has 136 valence electrons. The number of benzene rings is 1. The van der Waals surface area contributed by atoms with E-state index in [0.717, 1.165) is 31.9 Å². The van der Waals surface area contributed by atoms with Crippen molar-refractivity contribution < 1.29 is 4.79 Å². The molecule has 2 rings (SSSR count). The molecule has 2 aromatic rings. The summed E-state index contributed by atoms with van der Waals surface area (Å²) in [6.07, 6.45) is 4.37. The monoisotopic (exact) mass is 343 g/mol. The predicted molar refractivity (Wildman–Crippen MR) is 104 cm³/mol. The summed E-state index contributed by atoms with van der Waals surface area (Å²) in [6.45, 7) is 6.22. The first-order valence-electron chi connectivity index (χ1n) is 8.92. The maximum absolute atomic E-state index is 11.6. The third-order valence-corrected chi connectivity index (χ3v) is 4.05. The molecule has 1 heterocycles. The first-order valence-corrected chi connectivity index (χ1v) is 8.92. The minimum atomic E-state index is 0.0684. The van der Waals surface area contributed by atoms with E-state index in [1.807, 2.05) is 6.92 Å². The van der Waals surface area contributed by atoms with E-state index in [1.54, 1.807) is 7.05 Å². The first kappa shape index (κ1) is 18.8. The van der Waals surface area contributed by atoms with Crippen molar-refractivity contribution >= 4 is 22.8 Å². The van der Waals surface area contributed by atoms with Crippen molar-refractivity contribution in [1.29, 1.82) is 0 Å². The summed E-state index contributed by atoms with van der Waals surface area (Å²) >= 11 is 0. The number of rotatable bonds is 8. The zero-order chi connectivity index (χ0) is 18.1. The van der Waals surface area contributed by atoms with Gasteiger partial charge in [-0.15, -0.1) is 0 Å². The number of carbonyl (C=O) groups excluding carboxylic acids is 1. The van der Waals surface area contributed by atoms with Crippen LogP contribution in [0, 0.1) is 6.92 Å². The number of guanidine groups is 1. The van der Waals surface area contributed by atoms with E-state index < -0.39 is 0 Å². The second-order valence-corrected chi connectivity index (χ2v) is 6.14. The van der Waals surface area contributed by atoms with Crippen LogP contribution in [0.15, 0.2) is 29.4 Å². The molecule has 0 spiro atoms. The molecule has 0 atom stereocenters. The number of carbonyl (C=O) groups is 1. The molecule has 0 aliphatic rings. The highest BCUT2D eigenvalue weighted by Gasteiger charge is 2.05. The largest absolute Gasteiger partial charge is 0.361 e. The van der Waals surface area contributed by atoms with E-state index in [0.29, 0.717) is 13.0 Å². The van der Waals surface area contributed by atoms with Gasteiger partial charge < -0.3 is 20.9 Å². The zero-order valence-corrected chi connectivity index (χ0v) is 15.4. The molecule has 0 fully saturated rings. The molecule has 25 heavy (non-hydrogen) atoms. The van der Waals surface area contributed by atoms with Crippen LogP contribution in [-0.4, -0.2) is 43.5 Å². The lowest BCUT2D eigenvalue weighted by molar-refractivity contribution is -0.120. The number of hydrogen-bond donors (Lipinski definition) is 4. The third-order valence-electron chi connectivity index (χ3n) is 4.05. The Labute approximate surface area is 149 Å². The fourth-order valence-electron chi connectivity index (χ4n) is 2.69. The summed E-state index contributed by atoms with van der Waals surface area (Å²) < 4.78 is 0. The lowest BCUT2D eigenvalue weighted by Gasteiger charge is -2.11. The number of H-pyrrole nitrogens is 1. The fourth-order valence-corrected chi connectivity index (χ4v) is 2.69. The summed E-state index contributed by atoms with van der Waals surface area (Å²) in [5.74, 6) is 0.790. The molecule has 0 saturated heterocycles. The number of nitrogens with one attached hydrogen (secondary N) is 4. The standard InChI is InChI=1S/C19H29N5O/c1-4-9-21-18(25)8-11-23-19(20-3)22-10-7-15-13-24-17-12-14(2)5-6-16(15)17/h5-6,12-13,24H,4,7-11H2,1-3H3,(H,21,25)(H2,20,22,23). The van der Waals surface area contributed by atoms with Gasteiger partial charge in [-0.2, -0.15) is 0 Å². The van der Waals surface area contributed by atoms with Crippen molar-refractivity contribution in [3.8, 4) is 0 Å². The zero-order valence-electron chi connectivity index (χ0n) is 15.4. The number of aromatic nitrogens is 1. The van der Waals surface area contributed by atoms with Crippen LogP contribution in [0.2, 0.25) is 0 Å². The maximum atomic E-state index is 11.6. The Bertz CT molecular complexity index is 720. The SMILES string of the molecule is CCCNC(=O)CCNC(=NC)NCCc1c[nH]c2cc(C)ccc12. The summed E-state index contributed by atoms with van der Waals surface area (Å²) in [5.41, 5.74) is 3.72. The van der Waals surface area contributed by atoms with Crippen LogP contribution in [-0.2, 0) is 11.2 Å². The Morgan fingerprint density at radius 1 is 1.16 bits per heavy atom. The Hall–Kier alpha value is -2.50. The molecule has 0 aliphatic heterocycles. The molecule has 6 heteroatoms. The summed E-state index contributed by atoms with van der Waals surface area (Å²) in [6, 6.07) is 6.46. The van der Waals surface area contributed by atoms with Gasteiger partial charge in [0.25, 0.3) is 0 Å². The quantitative estimate of drug-likeness (QED) is 0.438. The number of amides is 1. The smallest absolute Gasteiger partial charge is 0.221 e. The first-order chi connectivity index (χ1) is 12.1. The molecule has 0 unspecified atom stereocenters. The molecule has 0 aliphatic carbocycles. The number of aryl methyl sites for hydroxylation is 1. The van der Waals surface area contributed by atoms with E-state index in [-0.39, 0.29) is 5.91 Å². The van der Waals surface area contributed by atoms with Gasteiger partial charge in [-0.05, 0) is 37.0 Å². The minimum Gasteiger partial charge on any atom is -0.361 e. The van der Waals surface area contributed by atoms with E-state index in [1.165, 1.54) is 22.0 Å². The van der Waals surface area contributed by atoms with Gasteiger partial charge in [0.1, 0.15) is 0 Å². The second kappa shape index (κ2) is 9.71. The number of aromatic amines is 1. The Balaban J connectivity index is 1.74. The number of aliphatic imine (C=N–C) groups is 1. The molecular weight excluding hydrogens is 314 g/mol. The second-order valence-electron chi connectivity index (χ2n) is 6.14. The van der Waals surface area contributed by atoms with Crippen molar-refractivity contribution in [3.63, 3.8) is 0 Å². The third kappa shape index (κ3) is 5.81. The maximum Gasteiger partial charge on any atom is 0.221 e. The van der Waals surface area contributed by atoms with Crippen LogP contribution in [0.3, 0.4) is 0 Å². The Morgan fingerprint density at radius 2 is 1.96 bits per heavy atom. The summed E-state index contributed by atoms with van der Waals surface area (Å²) in [7, 11) is 1.74. The van der Waals surface area contributed by atoms with Gasteiger partial charge in [0.2, 0.25) is 5.91 Å². The van der Waals surface area contributed by atoms with Crippen LogP contribution in [0.4, 0.5) is 0 Å². The highest BCUT2D eigenvalue weighted by atomic mass is 16.1. The van der Waals surface area contributed by atoms with Crippen LogP contribution >= 0.6 is 0 Å². The Kier molecular flexibility index (Phi) is 7.32. The van der Waals surface area contributed by atoms with Crippen molar-refractivity contribution in [2.75, 3.05) is 26.7 Å². The Morgan fingerprint density at radius 3 is 2.72 bits per heavy atom. The topological polar surface area (TPSA) is 81.3 Å². The molecule has 0 bridgehead atoms. The van der Waals surface area contributed by atoms with Gasteiger partial charge in [0.05, 0.1) is 0 Å². The van der Waals surface area contributed by atoms with Crippen LogP contribution in [0.25, 0.3) is 10.9 Å². The lowest BCUT2D eigenvalue weighted by Crippen LogP contribution is -2.40. The molecule has 1 aromatic carbocycles. The van der Waals surface area contributed by atoms with Crippen LogP contribution in [0.5, 0.6) is 0 Å². The van der Waals surface area contributed by atoms with E-state index in [2.05, 4.69) is 57.2 Å². The van der Waals surface area contributed by atoms with Gasteiger partial charge in [0.15, 0.2) is 5.96 Å². The fraction of sp³-hybridized carbons (Fsp3) is 0.474. The average molecular weight is 343 g/mol.